The lowest BCUT2D eigenvalue weighted by molar-refractivity contribution is -0.150. The molecule has 1 N–H and O–H groups in total. The van der Waals surface area contributed by atoms with E-state index in [1.54, 1.807) is 24.3 Å². The monoisotopic (exact) mass is 344 g/mol. The molecule has 0 saturated carbocycles. The highest BCUT2D eigenvalue weighted by atomic mass is 19.3. The maximum absolute atomic E-state index is 14.2. The van der Waals surface area contributed by atoms with Crippen molar-refractivity contribution in [2.24, 2.45) is 5.16 Å². The van der Waals surface area contributed by atoms with Gasteiger partial charge in [-0.25, -0.2) is 0 Å². The summed E-state index contributed by atoms with van der Waals surface area (Å²) in [5.41, 5.74) is 2.21. The molecule has 1 unspecified atom stereocenters. The number of oxime groups is 1. The first-order chi connectivity index (χ1) is 12.0. The highest BCUT2D eigenvalue weighted by Crippen LogP contribution is 2.28. The molecule has 1 amide bonds. The van der Waals surface area contributed by atoms with Gasteiger partial charge in [0.25, 0.3) is 5.91 Å². The van der Waals surface area contributed by atoms with Crippen LogP contribution in [0.2, 0.25) is 0 Å². The zero-order valence-electron chi connectivity index (χ0n) is 13.5. The molecule has 0 fully saturated rings. The molecule has 25 heavy (non-hydrogen) atoms. The number of hydrogen-bond acceptors (Lipinski definition) is 3. The number of benzene rings is 2. The molecule has 6 heteroatoms. The Morgan fingerprint density at radius 2 is 1.76 bits per heavy atom. The Morgan fingerprint density at radius 3 is 2.44 bits per heavy atom. The number of alkyl halides is 2. The Labute approximate surface area is 144 Å². The van der Waals surface area contributed by atoms with Crippen molar-refractivity contribution in [2.45, 2.75) is 31.4 Å². The van der Waals surface area contributed by atoms with Crippen LogP contribution in [0.4, 0.5) is 8.78 Å². The zero-order valence-corrected chi connectivity index (χ0v) is 13.5. The smallest absolute Gasteiger partial charge is 0.328 e. The minimum absolute atomic E-state index is 0.0621. The quantitative estimate of drug-likeness (QED) is 0.872. The second kappa shape index (κ2) is 7.42. The van der Waals surface area contributed by atoms with Gasteiger partial charge >= 0.3 is 5.92 Å². The first-order valence-electron chi connectivity index (χ1n) is 8.03. The normalized spacial score (nSPS) is 16.9. The van der Waals surface area contributed by atoms with Crippen LogP contribution in [0, 0.1) is 0 Å². The summed E-state index contributed by atoms with van der Waals surface area (Å²) in [6.07, 6.45) is -1.26. The van der Waals surface area contributed by atoms with Crippen molar-refractivity contribution in [2.75, 3.05) is 0 Å². The van der Waals surface area contributed by atoms with Crippen molar-refractivity contribution in [1.82, 2.24) is 5.32 Å². The van der Waals surface area contributed by atoms with Gasteiger partial charge in [-0.3, -0.25) is 4.79 Å². The summed E-state index contributed by atoms with van der Waals surface area (Å²) in [5, 5.41) is 6.15. The van der Waals surface area contributed by atoms with Crippen molar-refractivity contribution in [1.29, 1.82) is 0 Å². The van der Waals surface area contributed by atoms with Crippen LogP contribution in [0.1, 0.15) is 24.0 Å². The Hall–Kier alpha value is -2.76. The third kappa shape index (κ3) is 4.41. The molecule has 4 nitrogen and oxygen atoms in total. The van der Waals surface area contributed by atoms with E-state index in [-0.39, 0.29) is 13.0 Å². The van der Waals surface area contributed by atoms with E-state index in [0.29, 0.717) is 5.71 Å². The summed E-state index contributed by atoms with van der Waals surface area (Å²) in [5.74, 6) is -4.81. The summed E-state index contributed by atoms with van der Waals surface area (Å²) >= 11 is 0. The van der Waals surface area contributed by atoms with Crippen LogP contribution in [-0.2, 0) is 16.2 Å². The summed E-state index contributed by atoms with van der Waals surface area (Å²) in [6, 6.07) is 18.2. The summed E-state index contributed by atoms with van der Waals surface area (Å²) in [7, 11) is 0. The number of hydrogen-bond donors (Lipinski definition) is 1. The first-order valence-corrected chi connectivity index (χ1v) is 8.03. The first kappa shape index (κ1) is 17.1. The topological polar surface area (TPSA) is 50.7 Å². The molecule has 0 spiro atoms. The lowest BCUT2D eigenvalue weighted by Crippen LogP contribution is -2.42. The van der Waals surface area contributed by atoms with Crippen LogP contribution in [0.3, 0.4) is 0 Å². The minimum Gasteiger partial charge on any atom is -0.392 e. The SMILES string of the molecule is O=C(NCc1ccccc1)C(F)(F)CC1CC(c2ccccc2)=NO1. The van der Waals surface area contributed by atoms with Crippen molar-refractivity contribution in [3.05, 3.63) is 71.8 Å². The molecule has 130 valence electrons. The van der Waals surface area contributed by atoms with Gasteiger partial charge in [-0.2, -0.15) is 8.78 Å². The molecular weight excluding hydrogens is 326 g/mol. The zero-order chi connectivity index (χ0) is 17.7. The predicted molar refractivity (Wildman–Crippen MR) is 90.3 cm³/mol. The molecule has 0 aliphatic carbocycles. The Bertz CT molecular complexity index is 749. The largest absolute Gasteiger partial charge is 0.392 e. The van der Waals surface area contributed by atoms with Crippen LogP contribution in [-0.4, -0.2) is 23.6 Å². The predicted octanol–water partition coefficient (Wildman–Crippen LogP) is 3.52. The van der Waals surface area contributed by atoms with Crippen molar-refractivity contribution >= 4 is 11.6 Å². The lowest BCUT2D eigenvalue weighted by Gasteiger charge is -2.18. The van der Waals surface area contributed by atoms with Gasteiger partial charge in [0, 0.05) is 13.0 Å². The van der Waals surface area contributed by atoms with Gasteiger partial charge in [-0.1, -0.05) is 65.8 Å². The molecule has 2 aromatic carbocycles. The number of rotatable bonds is 6. The molecule has 0 bridgehead atoms. The van der Waals surface area contributed by atoms with E-state index >= 15 is 0 Å². The van der Waals surface area contributed by atoms with Gasteiger partial charge in [0.05, 0.1) is 12.1 Å². The van der Waals surface area contributed by atoms with Crippen LogP contribution in [0.5, 0.6) is 0 Å². The molecule has 0 radical (unpaired) electrons. The third-order valence-electron chi connectivity index (χ3n) is 3.95. The molecular formula is C19H18F2N2O2. The molecule has 2 aromatic rings. The molecule has 0 aromatic heterocycles. The van der Waals surface area contributed by atoms with Crippen LogP contribution < -0.4 is 5.32 Å². The van der Waals surface area contributed by atoms with Crippen molar-refractivity contribution in [3.63, 3.8) is 0 Å². The van der Waals surface area contributed by atoms with E-state index in [9.17, 15) is 13.6 Å². The molecule has 1 atom stereocenters. The second-order valence-corrected chi connectivity index (χ2v) is 5.91. The van der Waals surface area contributed by atoms with Gasteiger partial charge in [0.1, 0.15) is 6.10 Å². The van der Waals surface area contributed by atoms with Gasteiger partial charge < -0.3 is 10.2 Å². The average molecular weight is 344 g/mol. The fourth-order valence-electron chi connectivity index (χ4n) is 2.63. The van der Waals surface area contributed by atoms with E-state index < -0.39 is 24.4 Å². The standard InChI is InChI=1S/C19H18F2N2O2/c20-19(21,18(24)22-13-14-7-3-1-4-8-14)12-16-11-17(23-25-16)15-9-5-2-6-10-15/h1-10,16H,11-13H2,(H,22,24). The molecule has 3 rings (SSSR count). The fraction of sp³-hybridized carbons (Fsp3) is 0.263. The van der Waals surface area contributed by atoms with E-state index in [1.807, 2.05) is 36.4 Å². The van der Waals surface area contributed by atoms with Crippen LogP contribution >= 0.6 is 0 Å². The molecule has 1 aliphatic heterocycles. The van der Waals surface area contributed by atoms with E-state index in [1.165, 1.54) is 0 Å². The number of nitrogens with zero attached hydrogens (tertiary/aromatic N) is 1. The average Bonchev–Trinajstić information content (AvgIpc) is 3.09. The van der Waals surface area contributed by atoms with Gasteiger partial charge in [0.2, 0.25) is 0 Å². The van der Waals surface area contributed by atoms with Crippen molar-refractivity contribution < 1.29 is 18.4 Å². The highest BCUT2D eigenvalue weighted by molar-refractivity contribution is 6.01. The molecule has 1 aliphatic rings. The number of amides is 1. The third-order valence-corrected chi connectivity index (χ3v) is 3.95. The van der Waals surface area contributed by atoms with E-state index in [2.05, 4.69) is 10.5 Å². The Balaban J connectivity index is 1.52. The van der Waals surface area contributed by atoms with Gasteiger partial charge in [0.15, 0.2) is 0 Å². The Morgan fingerprint density at radius 1 is 1.12 bits per heavy atom. The number of nitrogens with one attached hydrogen (secondary N) is 1. The van der Waals surface area contributed by atoms with Gasteiger partial charge in [-0.15, -0.1) is 0 Å². The van der Waals surface area contributed by atoms with E-state index in [0.717, 1.165) is 11.1 Å². The highest BCUT2D eigenvalue weighted by Gasteiger charge is 2.43. The maximum atomic E-state index is 14.2. The molecule has 0 saturated heterocycles. The summed E-state index contributed by atoms with van der Waals surface area (Å²) in [4.78, 5) is 16.9. The van der Waals surface area contributed by atoms with Gasteiger partial charge in [-0.05, 0) is 11.1 Å². The number of carbonyl (C=O) groups excluding carboxylic acids is 1. The maximum Gasteiger partial charge on any atom is 0.328 e. The van der Waals surface area contributed by atoms with Crippen molar-refractivity contribution in [3.8, 4) is 0 Å². The van der Waals surface area contributed by atoms with Crippen LogP contribution in [0.15, 0.2) is 65.8 Å². The summed E-state index contributed by atoms with van der Waals surface area (Å²) < 4.78 is 28.3. The molecule has 1 heterocycles. The Kier molecular flexibility index (Phi) is 5.07. The summed E-state index contributed by atoms with van der Waals surface area (Å²) in [6.45, 7) is 0.0621. The number of halogens is 2. The minimum atomic E-state index is -3.51. The number of carbonyl (C=O) groups is 1. The second-order valence-electron chi connectivity index (χ2n) is 5.91. The van der Waals surface area contributed by atoms with E-state index in [4.69, 9.17) is 4.84 Å². The fourth-order valence-corrected chi connectivity index (χ4v) is 2.63. The van der Waals surface area contributed by atoms with Crippen LogP contribution in [0.25, 0.3) is 0 Å². The lowest BCUT2D eigenvalue weighted by atomic mass is 10.0.